The summed E-state index contributed by atoms with van der Waals surface area (Å²) >= 11 is 0. The number of piperazine rings is 1. The molecule has 27 heavy (non-hydrogen) atoms. The number of benzene rings is 1. The van der Waals surface area contributed by atoms with Crippen LogP contribution in [0.5, 0.6) is 0 Å². The number of amides is 1. The first-order chi connectivity index (χ1) is 12.7. The Morgan fingerprint density at radius 2 is 1.56 bits per heavy atom. The van der Waals surface area contributed by atoms with Crippen LogP contribution in [-0.2, 0) is 20.9 Å². The number of rotatable bonds is 3. The molecule has 4 rings (SSSR count). The summed E-state index contributed by atoms with van der Waals surface area (Å²) < 4.78 is 0. The van der Waals surface area contributed by atoms with E-state index in [4.69, 9.17) is 0 Å². The molecule has 0 aromatic heterocycles. The lowest BCUT2D eigenvalue weighted by Gasteiger charge is -2.42. The van der Waals surface area contributed by atoms with Crippen LogP contribution in [0.15, 0.2) is 30.3 Å². The smallest absolute Gasteiger partial charge is 0.237 e. The SMILES string of the molecule is CC1(C)[C@]2(C(=O)N3CCN(Cc4ccccc4)CC3)CC[C@]1(C)C(=O)C2=O. The van der Waals surface area contributed by atoms with E-state index in [0.29, 0.717) is 25.9 Å². The Labute approximate surface area is 160 Å². The van der Waals surface area contributed by atoms with Crippen molar-refractivity contribution in [2.75, 3.05) is 26.2 Å². The number of ketones is 2. The Balaban J connectivity index is 1.48. The minimum atomic E-state index is -1.15. The summed E-state index contributed by atoms with van der Waals surface area (Å²) in [6.45, 7) is 9.41. The molecule has 2 atom stereocenters. The van der Waals surface area contributed by atoms with Gasteiger partial charge in [-0.3, -0.25) is 19.3 Å². The highest BCUT2D eigenvalue weighted by Crippen LogP contribution is 2.69. The normalized spacial score (nSPS) is 32.9. The van der Waals surface area contributed by atoms with Gasteiger partial charge in [-0.1, -0.05) is 51.1 Å². The minimum absolute atomic E-state index is 0.119. The lowest BCUT2D eigenvalue weighted by Crippen LogP contribution is -2.57. The van der Waals surface area contributed by atoms with Crippen LogP contribution in [0.25, 0.3) is 0 Å². The van der Waals surface area contributed by atoms with Crippen molar-refractivity contribution >= 4 is 17.5 Å². The van der Waals surface area contributed by atoms with Crippen molar-refractivity contribution in [3.05, 3.63) is 35.9 Å². The van der Waals surface area contributed by atoms with Gasteiger partial charge in [0.05, 0.1) is 0 Å². The Kier molecular flexibility index (Phi) is 4.08. The number of Topliss-reactive ketones (excluding diaryl/α,β-unsaturated/α-hetero) is 2. The van der Waals surface area contributed by atoms with Gasteiger partial charge in [0, 0.05) is 38.1 Å². The maximum Gasteiger partial charge on any atom is 0.237 e. The first-order valence-corrected chi connectivity index (χ1v) is 9.89. The summed E-state index contributed by atoms with van der Waals surface area (Å²) in [7, 11) is 0. The molecule has 0 unspecified atom stereocenters. The van der Waals surface area contributed by atoms with Crippen LogP contribution < -0.4 is 0 Å². The van der Waals surface area contributed by atoms with Gasteiger partial charge in [0.15, 0.2) is 0 Å². The summed E-state index contributed by atoms with van der Waals surface area (Å²) in [5, 5.41) is 0. The first-order valence-electron chi connectivity index (χ1n) is 9.89. The maximum absolute atomic E-state index is 13.5. The van der Waals surface area contributed by atoms with Crippen molar-refractivity contribution in [2.24, 2.45) is 16.2 Å². The topological polar surface area (TPSA) is 57.7 Å². The molecule has 0 spiro atoms. The maximum atomic E-state index is 13.5. The molecule has 3 fully saturated rings. The molecule has 5 heteroatoms. The highest BCUT2D eigenvalue weighted by Gasteiger charge is 2.78. The quantitative estimate of drug-likeness (QED) is 0.607. The van der Waals surface area contributed by atoms with Gasteiger partial charge in [-0.25, -0.2) is 0 Å². The van der Waals surface area contributed by atoms with Gasteiger partial charge in [0.1, 0.15) is 5.41 Å². The van der Waals surface area contributed by atoms with Crippen LogP contribution in [0, 0.1) is 16.2 Å². The molecule has 1 heterocycles. The van der Waals surface area contributed by atoms with Gasteiger partial charge in [-0.2, -0.15) is 0 Å². The largest absolute Gasteiger partial charge is 0.339 e. The third-order valence-electron chi connectivity index (χ3n) is 7.81. The summed E-state index contributed by atoms with van der Waals surface area (Å²) in [6.07, 6.45) is 1.13. The van der Waals surface area contributed by atoms with E-state index in [9.17, 15) is 14.4 Å². The predicted molar refractivity (Wildman–Crippen MR) is 102 cm³/mol. The second-order valence-corrected chi connectivity index (χ2v) is 9.07. The highest BCUT2D eigenvalue weighted by molar-refractivity contribution is 6.48. The summed E-state index contributed by atoms with van der Waals surface area (Å²) in [6, 6.07) is 10.3. The van der Waals surface area contributed by atoms with Crippen LogP contribution in [0.4, 0.5) is 0 Å². The van der Waals surface area contributed by atoms with Crippen molar-refractivity contribution in [1.82, 2.24) is 9.80 Å². The van der Waals surface area contributed by atoms with Crippen molar-refractivity contribution in [3.8, 4) is 0 Å². The fourth-order valence-electron chi connectivity index (χ4n) is 5.46. The highest BCUT2D eigenvalue weighted by atomic mass is 16.2. The molecule has 5 nitrogen and oxygen atoms in total. The number of hydrogen-bond donors (Lipinski definition) is 0. The lowest BCUT2D eigenvalue weighted by molar-refractivity contribution is -0.156. The number of hydrogen-bond acceptors (Lipinski definition) is 4. The zero-order chi connectivity index (χ0) is 19.4. The first kappa shape index (κ1) is 18.4. The molecule has 144 valence electrons. The van der Waals surface area contributed by atoms with Crippen LogP contribution >= 0.6 is 0 Å². The predicted octanol–water partition coefficient (Wildman–Crippen LogP) is 2.30. The van der Waals surface area contributed by atoms with Gasteiger partial charge >= 0.3 is 0 Å². The van der Waals surface area contributed by atoms with Gasteiger partial charge in [0.2, 0.25) is 17.5 Å². The zero-order valence-corrected chi connectivity index (χ0v) is 16.5. The van der Waals surface area contributed by atoms with E-state index in [0.717, 1.165) is 19.6 Å². The molecule has 0 N–H and O–H groups in total. The Morgan fingerprint density at radius 3 is 2.11 bits per heavy atom. The number of nitrogens with zero attached hydrogens (tertiary/aromatic N) is 2. The van der Waals surface area contributed by atoms with Gasteiger partial charge in [-0.15, -0.1) is 0 Å². The van der Waals surface area contributed by atoms with E-state index in [1.54, 1.807) is 0 Å². The molecule has 3 aliphatic rings. The second kappa shape index (κ2) is 5.99. The molecule has 1 saturated heterocycles. The van der Waals surface area contributed by atoms with Crippen molar-refractivity contribution in [1.29, 1.82) is 0 Å². The van der Waals surface area contributed by atoms with E-state index >= 15 is 0 Å². The molecule has 1 aromatic carbocycles. The Hall–Kier alpha value is -2.01. The number of carbonyl (C=O) groups is 3. The standard InChI is InChI=1S/C22H28N2O3/c1-20(2)21(3)9-10-22(20,18(26)17(21)25)19(27)24-13-11-23(12-14-24)15-16-7-5-4-6-8-16/h4-8H,9-15H2,1-3H3/t21-,22-/m1/s1. The molecule has 2 bridgehead atoms. The average molecular weight is 368 g/mol. The monoisotopic (exact) mass is 368 g/mol. The fourth-order valence-corrected chi connectivity index (χ4v) is 5.46. The van der Waals surface area contributed by atoms with Crippen molar-refractivity contribution in [2.45, 2.75) is 40.2 Å². The molecule has 0 radical (unpaired) electrons. The Morgan fingerprint density at radius 1 is 0.926 bits per heavy atom. The minimum Gasteiger partial charge on any atom is -0.339 e. The third kappa shape index (κ3) is 2.30. The van der Waals surface area contributed by atoms with Gasteiger partial charge in [-0.05, 0) is 23.8 Å². The van der Waals surface area contributed by atoms with Crippen LogP contribution in [0.3, 0.4) is 0 Å². The van der Waals surface area contributed by atoms with Crippen LogP contribution in [0.2, 0.25) is 0 Å². The van der Waals surface area contributed by atoms with Gasteiger partial charge < -0.3 is 4.90 Å². The second-order valence-electron chi connectivity index (χ2n) is 9.07. The van der Waals surface area contributed by atoms with E-state index in [2.05, 4.69) is 17.0 Å². The van der Waals surface area contributed by atoms with E-state index in [-0.39, 0.29) is 11.7 Å². The van der Waals surface area contributed by atoms with E-state index < -0.39 is 22.0 Å². The van der Waals surface area contributed by atoms with Crippen molar-refractivity contribution < 1.29 is 14.4 Å². The average Bonchev–Trinajstić information content (AvgIpc) is 2.94. The summed E-state index contributed by atoms with van der Waals surface area (Å²) in [5.74, 6) is -0.904. The molecular weight excluding hydrogens is 340 g/mol. The van der Waals surface area contributed by atoms with Crippen LogP contribution in [-0.4, -0.2) is 53.5 Å². The van der Waals surface area contributed by atoms with E-state index in [1.165, 1.54) is 5.56 Å². The van der Waals surface area contributed by atoms with Crippen LogP contribution in [0.1, 0.15) is 39.2 Å². The third-order valence-corrected chi connectivity index (χ3v) is 7.81. The van der Waals surface area contributed by atoms with Crippen molar-refractivity contribution in [3.63, 3.8) is 0 Å². The molecule has 1 aromatic rings. The molecular formula is C22H28N2O3. The molecule has 2 saturated carbocycles. The molecule has 2 aliphatic carbocycles. The fraction of sp³-hybridized carbons (Fsp3) is 0.591. The molecule has 1 aliphatic heterocycles. The lowest BCUT2D eigenvalue weighted by atomic mass is 9.64. The number of carbonyl (C=O) groups excluding carboxylic acids is 3. The number of fused-ring (bicyclic) bond motifs is 2. The Bertz CT molecular complexity index is 795. The van der Waals surface area contributed by atoms with E-state index in [1.807, 2.05) is 43.9 Å². The van der Waals surface area contributed by atoms with Gasteiger partial charge in [0.25, 0.3) is 0 Å². The summed E-state index contributed by atoms with van der Waals surface area (Å²) in [4.78, 5) is 43.2. The molecule has 1 amide bonds. The zero-order valence-electron chi connectivity index (χ0n) is 16.5. The summed E-state index contributed by atoms with van der Waals surface area (Å²) in [5.41, 5.74) is -1.21.